The van der Waals surface area contributed by atoms with Crippen LogP contribution >= 0.6 is 11.6 Å². The quantitative estimate of drug-likeness (QED) is 0.775. The number of urea groups is 1. The van der Waals surface area contributed by atoms with Crippen molar-refractivity contribution in [1.29, 1.82) is 0 Å². The van der Waals surface area contributed by atoms with Crippen molar-refractivity contribution in [3.05, 3.63) is 28.8 Å². The number of aliphatic hydroxyl groups excluding tert-OH is 1. The number of benzene rings is 1. The van der Waals surface area contributed by atoms with Crippen LogP contribution in [0, 0.1) is 6.92 Å². The van der Waals surface area contributed by atoms with Crippen LogP contribution in [0.5, 0.6) is 0 Å². The lowest BCUT2D eigenvalue weighted by atomic mass is 10.2. The first kappa shape index (κ1) is 14.6. The van der Waals surface area contributed by atoms with Gasteiger partial charge in [-0.25, -0.2) is 9.59 Å². The summed E-state index contributed by atoms with van der Waals surface area (Å²) in [6, 6.07) is 3.48. The zero-order valence-corrected chi connectivity index (χ0v) is 11.6. The number of hydrogen-bond acceptors (Lipinski definition) is 3. The predicted molar refractivity (Wildman–Crippen MR) is 74.0 cm³/mol. The number of amides is 2. The molecule has 6 nitrogen and oxygen atoms in total. The van der Waals surface area contributed by atoms with E-state index in [1.807, 2.05) is 0 Å². The maximum atomic E-state index is 12.1. The van der Waals surface area contributed by atoms with Gasteiger partial charge in [0.1, 0.15) is 6.04 Å². The molecule has 2 unspecified atom stereocenters. The van der Waals surface area contributed by atoms with E-state index in [2.05, 4.69) is 5.32 Å². The Hall–Kier alpha value is -1.79. The van der Waals surface area contributed by atoms with Crippen LogP contribution < -0.4 is 5.32 Å². The number of carbonyl (C=O) groups is 2. The lowest BCUT2D eigenvalue weighted by Crippen LogP contribution is -2.43. The van der Waals surface area contributed by atoms with Gasteiger partial charge in [0.2, 0.25) is 0 Å². The van der Waals surface area contributed by atoms with Crippen molar-refractivity contribution in [2.24, 2.45) is 0 Å². The van der Waals surface area contributed by atoms with Crippen molar-refractivity contribution in [2.45, 2.75) is 25.5 Å². The third-order valence-electron chi connectivity index (χ3n) is 3.27. The molecular formula is C13H15ClN2O4. The topological polar surface area (TPSA) is 89.9 Å². The number of anilines is 1. The number of likely N-dealkylation sites (tertiary alicyclic amines) is 1. The number of nitrogens with zero attached hydrogens (tertiary/aromatic N) is 1. The van der Waals surface area contributed by atoms with Crippen LogP contribution in [-0.4, -0.2) is 45.8 Å². The Balaban J connectivity index is 2.15. The molecule has 0 bridgehead atoms. The van der Waals surface area contributed by atoms with E-state index in [0.717, 1.165) is 10.5 Å². The SMILES string of the molecule is Cc1ccc(Cl)cc1NC(=O)N1CC(O)CC1C(=O)O. The van der Waals surface area contributed by atoms with Crippen LogP contribution in [0.3, 0.4) is 0 Å². The number of halogens is 1. The van der Waals surface area contributed by atoms with Crippen LogP contribution in [0.15, 0.2) is 18.2 Å². The van der Waals surface area contributed by atoms with Crippen molar-refractivity contribution >= 4 is 29.3 Å². The number of hydrogen-bond donors (Lipinski definition) is 3. The van der Waals surface area contributed by atoms with Gasteiger partial charge in [-0.15, -0.1) is 0 Å². The second-order valence-corrected chi connectivity index (χ2v) is 5.22. The highest BCUT2D eigenvalue weighted by atomic mass is 35.5. The van der Waals surface area contributed by atoms with Gasteiger partial charge in [0.25, 0.3) is 0 Å². The first-order chi connectivity index (χ1) is 9.38. The Bertz CT molecular complexity index is 549. The fourth-order valence-electron chi connectivity index (χ4n) is 2.19. The Kier molecular flexibility index (Phi) is 4.15. The molecule has 2 atom stereocenters. The number of carbonyl (C=O) groups excluding carboxylic acids is 1. The molecule has 7 heteroatoms. The van der Waals surface area contributed by atoms with Gasteiger partial charge in [0.15, 0.2) is 0 Å². The number of rotatable bonds is 2. The maximum absolute atomic E-state index is 12.1. The summed E-state index contributed by atoms with van der Waals surface area (Å²) in [6.45, 7) is 1.81. The number of carboxylic acids is 1. The normalized spacial score (nSPS) is 21.9. The first-order valence-electron chi connectivity index (χ1n) is 6.13. The highest BCUT2D eigenvalue weighted by Gasteiger charge is 2.39. The summed E-state index contributed by atoms with van der Waals surface area (Å²) in [6.07, 6.45) is -0.778. The van der Waals surface area contributed by atoms with E-state index in [-0.39, 0.29) is 13.0 Å². The minimum Gasteiger partial charge on any atom is -0.480 e. The van der Waals surface area contributed by atoms with Gasteiger partial charge < -0.3 is 20.4 Å². The van der Waals surface area contributed by atoms with Crippen molar-refractivity contribution in [2.75, 3.05) is 11.9 Å². The first-order valence-corrected chi connectivity index (χ1v) is 6.51. The van der Waals surface area contributed by atoms with Gasteiger partial charge in [0, 0.05) is 23.7 Å². The van der Waals surface area contributed by atoms with Crippen LogP contribution in [0.25, 0.3) is 0 Å². The molecule has 1 fully saturated rings. The summed E-state index contributed by atoms with van der Waals surface area (Å²) in [7, 11) is 0. The van der Waals surface area contributed by atoms with Gasteiger partial charge in [-0.1, -0.05) is 17.7 Å². The van der Waals surface area contributed by atoms with E-state index in [1.54, 1.807) is 25.1 Å². The largest absolute Gasteiger partial charge is 0.480 e. The lowest BCUT2D eigenvalue weighted by Gasteiger charge is -2.22. The molecule has 0 radical (unpaired) electrons. The molecule has 1 heterocycles. The number of aliphatic carboxylic acids is 1. The van der Waals surface area contributed by atoms with Crippen LogP contribution in [0.2, 0.25) is 5.02 Å². The van der Waals surface area contributed by atoms with Gasteiger partial charge in [-0.3, -0.25) is 0 Å². The maximum Gasteiger partial charge on any atom is 0.326 e. The molecular weight excluding hydrogens is 284 g/mol. The number of nitrogens with one attached hydrogen (secondary N) is 1. The molecule has 1 aliphatic heterocycles. The van der Waals surface area contributed by atoms with Gasteiger partial charge in [-0.2, -0.15) is 0 Å². The number of aliphatic hydroxyl groups is 1. The summed E-state index contributed by atoms with van der Waals surface area (Å²) in [5.74, 6) is -1.13. The van der Waals surface area contributed by atoms with Gasteiger partial charge >= 0.3 is 12.0 Å². The molecule has 2 rings (SSSR count). The molecule has 1 aromatic rings. The Labute approximate surface area is 121 Å². The molecule has 1 aromatic carbocycles. The monoisotopic (exact) mass is 298 g/mol. The van der Waals surface area contributed by atoms with E-state index in [4.69, 9.17) is 16.7 Å². The number of carboxylic acid groups (broad SMARTS) is 1. The third kappa shape index (κ3) is 3.02. The van der Waals surface area contributed by atoms with E-state index in [0.29, 0.717) is 10.7 Å². The standard InChI is InChI=1S/C13H15ClN2O4/c1-7-2-3-8(14)4-10(7)15-13(20)16-6-9(17)5-11(16)12(18)19/h2-4,9,11,17H,5-6H2,1H3,(H,15,20)(H,18,19). The van der Waals surface area contributed by atoms with Gasteiger partial charge in [-0.05, 0) is 24.6 Å². The zero-order chi connectivity index (χ0) is 14.9. The fraction of sp³-hybridized carbons (Fsp3) is 0.385. The Morgan fingerprint density at radius 3 is 2.80 bits per heavy atom. The average molecular weight is 299 g/mol. The smallest absolute Gasteiger partial charge is 0.326 e. The number of aryl methyl sites for hydroxylation is 1. The van der Waals surface area contributed by atoms with E-state index < -0.39 is 24.1 Å². The number of β-amino-alcohol motifs (C(OH)–C–C–N with tert-alkyl or cyclic N) is 1. The van der Waals surface area contributed by atoms with Crippen LogP contribution in [0.1, 0.15) is 12.0 Å². The lowest BCUT2D eigenvalue weighted by molar-refractivity contribution is -0.141. The summed E-state index contributed by atoms with van der Waals surface area (Å²) >= 11 is 5.86. The second kappa shape index (κ2) is 5.68. The molecule has 1 aliphatic rings. The summed E-state index contributed by atoms with van der Waals surface area (Å²) in [5, 5.41) is 21.7. The van der Waals surface area contributed by atoms with Crippen molar-refractivity contribution in [1.82, 2.24) is 4.90 Å². The van der Waals surface area contributed by atoms with Crippen molar-refractivity contribution in [3.63, 3.8) is 0 Å². The van der Waals surface area contributed by atoms with E-state index in [9.17, 15) is 14.7 Å². The molecule has 108 valence electrons. The molecule has 0 saturated carbocycles. The molecule has 0 aliphatic carbocycles. The van der Waals surface area contributed by atoms with Crippen LogP contribution in [-0.2, 0) is 4.79 Å². The average Bonchev–Trinajstić information content (AvgIpc) is 2.76. The highest BCUT2D eigenvalue weighted by molar-refractivity contribution is 6.31. The molecule has 20 heavy (non-hydrogen) atoms. The minimum atomic E-state index is -1.13. The Morgan fingerprint density at radius 2 is 2.15 bits per heavy atom. The highest BCUT2D eigenvalue weighted by Crippen LogP contribution is 2.23. The summed E-state index contributed by atoms with van der Waals surface area (Å²) in [5.41, 5.74) is 1.34. The van der Waals surface area contributed by atoms with Crippen molar-refractivity contribution in [3.8, 4) is 0 Å². The fourth-order valence-corrected chi connectivity index (χ4v) is 2.36. The zero-order valence-electron chi connectivity index (χ0n) is 10.8. The van der Waals surface area contributed by atoms with E-state index >= 15 is 0 Å². The molecule has 0 aromatic heterocycles. The molecule has 0 spiro atoms. The minimum absolute atomic E-state index is 0.00239. The van der Waals surface area contributed by atoms with Crippen LogP contribution in [0.4, 0.5) is 10.5 Å². The van der Waals surface area contributed by atoms with E-state index in [1.165, 1.54) is 0 Å². The summed E-state index contributed by atoms with van der Waals surface area (Å²) < 4.78 is 0. The Morgan fingerprint density at radius 1 is 1.45 bits per heavy atom. The third-order valence-corrected chi connectivity index (χ3v) is 3.50. The summed E-state index contributed by atoms with van der Waals surface area (Å²) in [4.78, 5) is 24.3. The molecule has 3 N–H and O–H groups in total. The van der Waals surface area contributed by atoms with Crippen molar-refractivity contribution < 1.29 is 19.8 Å². The second-order valence-electron chi connectivity index (χ2n) is 4.79. The van der Waals surface area contributed by atoms with Gasteiger partial charge in [0.05, 0.1) is 6.10 Å². The molecule has 2 amide bonds. The molecule has 1 saturated heterocycles. The predicted octanol–water partition coefficient (Wildman–Crippen LogP) is 1.70.